The number of hydrazine groups is 1. The topological polar surface area (TPSA) is 67.9 Å². The number of ether oxygens (including phenoxy) is 2. The van der Waals surface area contributed by atoms with Crippen molar-refractivity contribution in [2.45, 2.75) is 0 Å². The second-order valence-corrected chi connectivity index (χ2v) is 7.25. The number of hydrogen-bond donors (Lipinski definition) is 1. The maximum absolute atomic E-state index is 13.0. The minimum Gasteiger partial charge on any atom is -0.497 e. The van der Waals surface area contributed by atoms with E-state index >= 15 is 0 Å². The number of nitrogens with one attached hydrogen (secondary N) is 1. The first-order chi connectivity index (χ1) is 13.4. The first-order valence-corrected chi connectivity index (χ1v) is 9.22. The van der Waals surface area contributed by atoms with Gasteiger partial charge in [0.2, 0.25) is 0 Å². The average Bonchev–Trinajstić information content (AvgIpc) is 2.95. The highest BCUT2D eigenvalue weighted by molar-refractivity contribution is 8.26. The van der Waals surface area contributed by atoms with Crippen molar-refractivity contribution in [3.05, 3.63) is 64.3 Å². The number of halogens is 1. The summed E-state index contributed by atoms with van der Waals surface area (Å²) >= 11 is 6.25. The van der Waals surface area contributed by atoms with Gasteiger partial charge in [-0.15, -0.1) is 0 Å². The van der Waals surface area contributed by atoms with Gasteiger partial charge in [0.25, 0.3) is 11.8 Å². The third-order valence-corrected chi connectivity index (χ3v) is 5.14. The molecule has 2 aromatic rings. The molecule has 6 nitrogen and oxygen atoms in total. The van der Waals surface area contributed by atoms with Crippen LogP contribution in [0, 0.1) is 5.82 Å². The highest BCUT2D eigenvalue weighted by atomic mass is 32.2. The van der Waals surface area contributed by atoms with Crippen molar-refractivity contribution in [3.63, 3.8) is 0 Å². The normalized spacial score (nSPS) is 15.1. The van der Waals surface area contributed by atoms with E-state index in [1.165, 1.54) is 26.4 Å². The Balaban J connectivity index is 1.82. The predicted molar refractivity (Wildman–Crippen MR) is 108 cm³/mol. The van der Waals surface area contributed by atoms with Crippen molar-refractivity contribution in [1.82, 2.24) is 10.4 Å². The molecule has 2 amide bonds. The molecule has 1 fully saturated rings. The van der Waals surface area contributed by atoms with Crippen molar-refractivity contribution < 1.29 is 23.5 Å². The SMILES string of the molecule is COc1ccc(OC)c(/C=C2/SC(=S)N(NC(=O)c3ccc(F)cc3)C2=O)c1. The largest absolute Gasteiger partial charge is 0.497 e. The van der Waals surface area contributed by atoms with Gasteiger partial charge in [0.05, 0.1) is 19.1 Å². The molecule has 0 aromatic heterocycles. The second kappa shape index (κ2) is 8.41. The fraction of sp³-hybridized carbons (Fsp3) is 0.105. The number of thiocarbonyl (C=S) groups is 1. The van der Waals surface area contributed by atoms with Crippen LogP contribution in [-0.2, 0) is 4.79 Å². The summed E-state index contributed by atoms with van der Waals surface area (Å²) in [5, 5.41) is 0.990. The fourth-order valence-electron chi connectivity index (χ4n) is 2.42. The number of hydrogen-bond acceptors (Lipinski definition) is 6. The maximum atomic E-state index is 13.0. The summed E-state index contributed by atoms with van der Waals surface area (Å²) in [5.41, 5.74) is 3.28. The Morgan fingerprint density at radius 2 is 1.89 bits per heavy atom. The van der Waals surface area contributed by atoms with Crippen molar-refractivity contribution >= 4 is 46.2 Å². The molecule has 1 heterocycles. The number of rotatable bonds is 5. The van der Waals surface area contributed by atoms with Gasteiger partial charge in [-0.25, -0.2) is 4.39 Å². The zero-order valence-electron chi connectivity index (χ0n) is 14.9. The van der Waals surface area contributed by atoms with Crippen molar-refractivity contribution in [2.75, 3.05) is 14.2 Å². The van der Waals surface area contributed by atoms with Crippen molar-refractivity contribution in [2.24, 2.45) is 0 Å². The van der Waals surface area contributed by atoms with Gasteiger partial charge in [-0.3, -0.25) is 15.0 Å². The number of carbonyl (C=O) groups is 2. The Labute approximate surface area is 170 Å². The number of benzene rings is 2. The highest BCUT2D eigenvalue weighted by Gasteiger charge is 2.34. The van der Waals surface area contributed by atoms with Gasteiger partial charge in [0.15, 0.2) is 4.32 Å². The van der Waals surface area contributed by atoms with Crippen LogP contribution in [0.4, 0.5) is 4.39 Å². The molecular weight excluding hydrogens is 403 g/mol. The minimum absolute atomic E-state index is 0.175. The highest BCUT2D eigenvalue weighted by Crippen LogP contribution is 2.34. The lowest BCUT2D eigenvalue weighted by molar-refractivity contribution is -0.123. The molecule has 0 saturated carbocycles. The Morgan fingerprint density at radius 3 is 2.54 bits per heavy atom. The van der Waals surface area contributed by atoms with Gasteiger partial charge >= 0.3 is 0 Å². The van der Waals surface area contributed by atoms with E-state index in [0.29, 0.717) is 22.0 Å². The van der Waals surface area contributed by atoms with Gasteiger partial charge in [-0.05, 0) is 60.8 Å². The maximum Gasteiger partial charge on any atom is 0.285 e. The summed E-state index contributed by atoms with van der Waals surface area (Å²) in [5.74, 6) is -0.349. The van der Waals surface area contributed by atoms with Crippen LogP contribution in [-0.4, -0.2) is 35.4 Å². The molecule has 0 bridgehead atoms. The Hall–Kier alpha value is -2.91. The van der Waals surface area contributed by atoms with Crippen LogP contribution in [0.2, 0.25) is 0 Å². The Morgan fingerprint density at radius 1 is 1.18 bits per heavy atom. The lowest BCUT2D eigenvalue weighted by Gasteiger charge is -2.15. The van der Waals surface area contributed by atoms with E-state index in [2.05, 4.69) is 5.43 Å². The van der Waals surface area contributed by atoms with Crippen LogP contribution in [0.1, 0.15) is 15.9 Å². The molecule has 0 atom stereocenters. The number of nitrogens with zero attached hydrogens (tertiary/aromatic N) is 1. The molecular formula is C19H15FN2O4S2. The number of thioether (sulfide) groups is 1. The summed E-state index contributed by atoms with van der Waals surface area (Å²) in [7, 11) is 3.06. The van der Waals surface area contributed by atoms with E-state index in [-0.39, 0.29) is 9.88 Å². The monoisotopic (exact) mass is 418 g/mol. The summed E-state index contributed by atoms with van der Waals surface area (Å²) < 4.78 is 23.7. The lowest BCUT2D eigenvalue weighted by Crippen LogP contribution is -2.44. The molecule has 0 spiro atoms. The standard InChI is InChI=1S/C19H15FN2O4S2/c1-25-14-7-8-15(26-2)12(9-14)10-16-18(24)22(19(27)28-16)21-17(23)11-3-5-13(20)6-4-11/h3-10H,1-2H3,(H,21,23)/b16-10+. The molecule has 2 aromatic carbocycles. The summed E-state index contributed by atoms with van der Waals surface area (Å²) in [6.07, 6.45) is 1.62. The van der Waals surface area contributed by atoms with Crippen LogP contribution < -0.4 is 14.9 Å². The van der Waals surface area contributed by atoms with Gasteiger partial charge in [-0.2, -0.15) is 5.01 Å². The molecule has 9 heteroatoms. The minimum atomic E-state index is -0.573. The average molecular weight is 418 g/mol. The third-order valence-electron chi connectivity index (χ3n) is 3.84. The molecule has 144 valence electrons. The van der Waals surface area contributed by atoms with Crippen LogP contribution in [0.3, 0.4) is 0 Å². The summed E-state index contributed by atoms with van der Waals surface area (Å²) in [6, 6.07) is 10.1. The van der Waals surface area contributed by atoms with Gasteiger partial charge in [-0.1, -0.05) is 11.8 Å². The van der Waals surface area contributed by atoms with Gasteiger partial charge < -0.3 is 9.47 Å². The quantitative estimate of drug-likeness (QED) is 0.593. The number of methoxy groups -OCH3 is 2. The van der Waals surface area contributed by atoms with E-state index in [4.69, 9.17) is 21.7 Å². The van der Waals surface area contributed by atoms with Crippen LogP contribution in [0.15, 0.2) is 47.4 Å². The number of amides is 2. The van der Waals surface area contributed by atoms with Crippen LogP contribution >= 0.6 is 24.0 Å². The fourth-order valence-corrected chi connectivity index (χ4v) is 3.60. The van der Waals surface area contributed by atoms with Crippen LogP contribution in [0.5, 0.6) is 11.5 Å². The van der Waals surface area contributed by atoms with E-state index in [9.17, 15) is 14.0 Å². The van der Waals surface area contributed by atoms with E-state index in [0.717, 1.165) is 28.9 Å². The molecule has 3 rings (SSSR count). The molecule has 0 radical (unpaired) electrons. The van der Waals surface area contributed by atoms with E-state index in [1.807, 2.05) is 0 Å². The smallest absolute Gasteiger partial charge is 0.285 e. The van der Waals surface area contributed by atoms with Crippen molar-refractivity contribution in [1.29, 1.82) is 0 Å². The number of carbonyl (C=O) groups excluding carboxylic acids is 2. The van der Waals surface area contributed by atoms with Gasteiger partial charge in [0.1, 0.15) is 17.3 Å². The zero-order valence-corrected chi connectivity index (χ0v) is 16.5. The Bertz CT molecular complexity index is 976. The lowest BCUT2D eigenvalue weighted by atomic mass is 10.1. The summed E-state index contributed by atoms with van der Waals surface area (Å²) in [4.78, 5) is 25.3. The molecule has 0 unspecified atom stereocenters. The predicted octanol–water partition coefficient (Wildman–Crippen LogP) is 3.39. The van der Waals surface area contributed by atoms with E-state index < -0.39 is 17.6 Å². The molecule has 1 saturated heterocycles. The van der Waals surface area contributed by atoms with E-state index in [1.54, 1.807) is 24.3 Å². The molecule has 28 heavy (non-hydrogen) atoms. The summed E-state index contributed by atoms with van der Waals surface area (Å²) in [6.45, 7) is 0. The molecule has 0 aliphatic carbocycles. The first-order valence-electron chi connectivity index (χ1n) is 7.99. The molecule has 1 aliphatic rings. The van der Waals surface area contributed by atoms with Crippen LogP contribution in [0.25, 0.3) is 6.08 Å². The zero-order chi connectivity index (χ0) is 20.3. The second-order valence-electron chi connectivity index (χ2n) is 5.57. The molecule has 1 N–H and O–H groups in total. The van der Waals surface area contributed by atoms with Gasteiger partial charge in [0, 0.05) is 11.1 Å². The third kappa shape index (κ3) is 4.15. The molecule has 1 aliphatic heterocycles. The first kappa shape index (κ1) is 19.8. The van der Waals surface area contributed by atoms with Crippen molar-refractivity contribution in [3.8, 4) is 11.5 Å². The Kier molecular flexibility index (Phi) is 5.96.